The van der Waals surface area contributed by atoms with Crippen LogP contribution in [0.3, 0.4) is 0 Å². The zero-order chi connectivity index (χ0) is 16.8. The van der Waals surface area contributed by atoms with E-state index >= 15 is 0 Å². The van der Waals surface area contributed by atoms with E-state index in [1.807, 2.05) is 37.3 Å². The quantitative estimate of drug-likeness (QED) is 0.915. The molecular weight excluding hydrogens is 302 g/mol. The van der Waals surface area contributed by atoms with Crippen LogP contribution in [-0.4, -0.2) is 41.6 Å². The van der Waals surface area contributed by atoms with Gasteiger partial charge >= 0.3 is 0 Å². The highest BCUT2D eigenvalue weighted by atomic mass is 16.5. The first-order chi connectivity index (χ1) is 11.7. The molecule has 0 bridgehead atoms. The first kappa shape index (κ1) is 16.6. The van der Waals surface area contributed by atoms with E-state index in [9.17, 15) is 4.79 Å². The number of nitrogens with one attached hydrogen (secondary N) is 1. The van der Waals surface area contributed by atoms with Gasteiger partial charge in [-0.25, -0.2) is 0 Å². The lowest BCUT2D eigenvalue weighted by atomic mass is 10.0. The highest BCUT2D eigenvalue weighted by Crippen LogP contribution is 2.25. The van der Waals surface area contributed by atoms with E-state index in [1.54, 1.807) is 12.4 Å². The Morgan fingerprint density at radius 3 is 2.88 bits per heavy atom. The highest BCUT2D eigenvalue weighted by molar-refractivity contribution is 5.78. The maximum Gasteiger partial charge on any atom is 0.234 e. The van der Waals surface area contributed by atoms with Crippen molar-refractivity contribution in [3.8, 4) is 0 Å². The number of carbonyl (C=O) groups excluding carboxylic acids is 1. The number of ether oxygens (including phenoxy) is 1. The highest BCUT2D eigenvalue weighted by Gasteiger charge is 2.29. The zero-order valence-electron chi connectivity index (χ0n) is 13.9. The summed E-state index contributed by atoms with van der Waals surface area (Å²) in [5.41, 5.74) is 2.19. The summed E-state index contributed by atoms with van der Waals surface area (Å²) in [4.78, 5) is 18.6. The summed E-state index contributed by atoms with van der Waals surface area (Å²) in [5.74, 6) is 0.0221. The third-order valence-electron chi connectivity index (χ3n) is 4.21. The van der Waals surface area contributed by atoms with Crippen LogP contribution in [0.5, 0.6) is 0 Å². The van der Waals surface area contributed by atoms with Gasteiger partial charge in [0.1, 0.15) is 0 Å². The van der Waals surface area contributed by atoms with Gasteiger partial charge in [0.25, 0.3) is 0 Å². The summed E-state index contributed by atoms with van der Waals surface area (Å²) in [6.07, 6.45) is 3.63. The van der Waals surface area contributed by atoms with E-state index in [0.29, 0.717) is 19.7 Å². The van der Waals surface area contributed by atoms with Crippen molar-refractivity contribution >= 4 is 5.91 Å². The van der Waals surface area contributed by atoms with Gasteiger partial charge in [0, 0.05) is 25.5 Å². The smallest absolute Gasteiger partial charge is 0.234 e. The van der Waals surface area contributed by atoms with Crippen molar-refractivity contribution in [2.75, 3.05) is 19.7 Å². The Hall–Kier alpha value is -2.24. The molecule has 0 unspecified atom stereocenters. The fraction of sp³-hybridized carbons (Fsp3) is 0.368. The number of aromatic nitrogens is 1. The molecule has 0 spiro atoms. The van der Waals surface area contributed by atoms with E-state index in [4.69, 9.17) is 4.74 Å². The maximum atomic E-state index is 12.4. The summed E-state index contributed by atoms with van der Waals surface area (Å²) < 4.78 is 5.80. The third-order valence-corrected chi connectivity index (χ3v) is 4.21. The van der Waals surface area contributed by atoms with Crippen molar-refractivity contribution in [3.05, 3.63) is 66.0 Å². The molecule has 2 aromatic rings. The Balaban J connectivity index is 1.61. The molecule has 1 aromatic heterocycles. The van der Waals surface area contributed by atoms with Crippen LogP contribution in [0.1, 0.15) is 24.1 Å². The van der Waals surface area contributed by atoms with E-state index in [1.165, 1.54) is 5.56 Å². The fourth-order valence-electron chi connectivity index (χ4n) is 2.97. The SMILES string of the molecule is C[C@H]1CN(CC(=O)NCc2cccnc2)[C@@H](c2ccccc2)CO1. The monoisotopic (exact) mass is 325 g/mol. The van der Waals surface area contributed by atoms with Crippen LogP contribution in [0.4, 0.5) is 0 Å². The molecule has 0 aliphatic carbocycles. The molecule has 1 aliphatic rings. The Bertz CT molecular complexity index is 648. The van der Waals surface area contributed by atoms with Crippen LogP contribution < -0.4 is 5.32 Å². The zero-order valence-corrected chi connectivity index (χ0v) is 13.9. The van der Waals surface area contributed by atoms with Crippen molar-refractivity contribution in [1.82, 2.24) is 15.2 Å². The molecule has 0 saturated carbocycles. The second-order valence-corrected chi connectivity index (χ2v) is 6.14. The number of carbonyl (C=O) groups is 1. The van der Waals surface area contributed by atoms with E-state index in [-0.39, 0.29) is 18.1 Å². The number of benzene rings is 1. The predicted molar refractivity (Wildman–Crippen MR) is 92.3 cm³/mol. The Morgan fingerprint density at radius 2 is 2.12 bits per heavy atom. The second kappa shape index (κ2) is 8.04. The average molecular weight is 325 g/mol. The molecule has 1 fully saturated rings. The molecule has 2 heterocycles. The molecule has 5 heteroatoms. The molecule has 1 aliphatic heterocycles. The van der Waals surface area contributed by atoms with Crippen LogP contribution in [0.2, 0.25) is 0 Å². The van der Waals surface area contributed by atoms with Gasteiger partial charge in [-0.1, -0.05) is 36.4 Å². The number of amides is 1. The first-order valence-electron chi connectivity index (χ1n) is 8.28. The van der Waals surface area contributed by atoms with E-state index in [0.717, 1.165) is 12.1 Å². The minimum Gasteiger partial charge on any atom is -0.375 e. The topological polar surface area (TPSA) is 54.5 Å². The van der Waals surface area contributed by atoms with Crippen LogP contribution in [-0.2, 0) is 16.1 Å². The molecule has 5 nitrogen and oxygen atoms in total. The largest absolute Gasteiger partial charge is 0.375 e. The molecule has 2 atom stereocenters. The summed E-state index contributed by atoms with van der Waals surface area (Å²) in [6.45, 7) is 4.28. The van der Waals surface area contributed by atoms with E-state index in [2.05, 4.69) is 27.3 Å². The van der Waals surface area contributed by atoms with Crippen molar-refractivity contribution in [2.24, 2.45) is 0 Å². The lowest BCUT2D eigenvalue weighted by Gasteiger charge is -2.38. The van der Waals surface area contributed by atoms with Gasteiger partial charge in [-0.05, 0) is 24.1 Å². The van der Waals surface area contributed by atoms with E-state index < -0.39 is 0 Å². The Morgan fingerprint density at radius 1 is 1.29 bits per heavy atom. The van der Waals surface area contributed by atoms with Crippen molar-refractivity contribution in [2.45, 2.75) is 25.6 Å². The third kappa shape index (κ3) is 4.40. The number of nitrogens with zero attached hydrogens (tertiary/aromatic N) is 2. The van der Waals surface area contributed by atoms with Crippen LogP contribution in [0, 0.1) is 0 Å². The number of pyridine rings is 1. The van der Waals surface area contributed by atoms with Gasteiger partial charge in [-0.3, -0.25) is 14.7 Å². The molecule has 24 heavy (non-hydrogen) atoms. The standard InChI is InChI=1S/C19H23N3O2/c1-15-12-22(18(14-24-15)17-7-3-2-4-8-17)13-19(23)21-11-16-6-5-9-20-10-16/h2-10,15,18H,11-14H2,1H3,(H,21,23)/t15-,18+/m0/s1. The Kier molecular flexibility index (Phi) is 5.56. The van der Waals surface area contributed by atoms with Gasteiger partial charge in [0.2, 0.25) is 5.91 Å². The molecule has 1 amide bonds. The molecule has 0 radical (unpaired) electrons. The summed E-state index contributed by atoms with van der Waals surface area (Å²) in [7, 11) is 0. The van der Waals surface area contributed by atoms with Crippen molar-refractivity contribution < 1.29 is 9.53 Å². The molecule has 3 rings (SSSR count). The molecular formula is C19H23N3O2. The maximum absolute atomic E-state index is 12.4. The first-order valence-corrected chi connectivity index (χ1v) is 8.28. The van der Waals surface area contributed by atoms with Crippen LogP contribution >= 0.6 is 0 Å². The molecule has 126 valence electrons. The van der Waals surface area contributed by atoms with Crippen molar-refractivity contribution in [1.29, 1.82) is 0 Å². The second-order valence-electron chi connectivity index (χ2n) is 6.14. The van der Waals surface area contributed by atoms with Gasteiger partial charge in [0.15, 0.2) is 0 Å². The summed E-state index contributed by atoms with van der Waals surface area (Å²) in [5, 5.41) is 2.97. The fourth-order valence-corrected chi connectivity index (χ4v) is 2.97. The van der Waals surface area contributed by atoms with Gasteiger partial charge in [0.05, 0.1) is 25.3 Å². The summed E-state index contributed by atoms with van der Waals surface area (Å²) in [6, 6.07) is 14.2. The number of rotatable bonds is 5. The normalized spacial score (nSPS) is 21.4. The summed E-state index contributed by atoms with van der Waals surface area (Å²) >= 11 is 0. The predicted octanol–water partition coefficient (Wildman–Crippen LogP) is 2.16. The van der Waals surface area contributed by atoms with Gasteiger partial charge in [-0.2, -0.15) is 0 Å². The molecule has 1 N–H and O–H groups in total. The minimum atomic E-state index is 0.0221. The molecule has 1 saturated heterocycles. The lowest BCUT2D eigenvalue weighted by molar-refractivity contribution is -0.126. The minimum absolute atomic E-state index is 0.0221. The average Bonchev–Trinajstić information content (AvgIpc) is 2.62. The molecule has 1 aromatic carbocycles. The van der Waals surface area contributed by atoms with Crippen LogP contribution in [0.15, 0.2) is 54.9 Å². The number of hydrogen-bond acceptors (Lipinski definition) is 4. The number of hydrogen-bond donors (Lipinski definition) is 1. The lowest BCUT2D eigenvalue weighted by Crippen LogP contribution is -2.47. The van der Waals surface area contributed by atoms with Crippen LogP contribution in [0.25, 0.3) is 0 Å². The number of morpholine rings is 1. The van der Waals surface area contributed by atoms with Gasteiger partial charge < -0.3 is 10.1 Å². The van der Waals surface area contributed by atoms with Crippen molar-refractivity contribution in [3.63, 3.8) is 0 Å². The van der Waals surface area contributed by atoms with Gasteiger partial charge in [-0.15, -0.1) is 0 Å². The Labute approximate surface area is 142 Å².